The van der Waals surface area contributed by atoms with Crippen molar-refractivity contribution in [2.75, 3.05) is 12.3 Å². The lowest BCUT2D eigenvalue weighted by Gasteiger charge is -2.27. The summed E-state index contributed by atoms with van der Waals surface area (Å²) in [5, 5.41) is 0. The predicted molar refractivity (Wildman–Crippen MR) is 90.3 cm³/mol. The highest BCUT2D eigenvalue weighted by Gasteiger charge is 2.24. The lowest BCUT2D eigenvalue weighted by molar-refractivity contribution is -0.0655. The fourth-order valence-corrected chi connectivity index (χ4v) is 3.00. The van der Waals surface area contributed by atoms with Gasteiger partial charge >= 0.3 is 5.69 Å². The molecule has 0 radical (unpaired) electrons. The average molecular weight is 413 g/mol. The van der Waals surface area contributed by atoms with E-state index in [-0.39, 0.29) is 24.3 Å². The summed E-state index contributed by atoms with van der Waals surface area (Å²) in [4.78, 5) is 15.6. The maximum atomic E-state index is 11.8. The van der Waals surface area contributed by atoms with E-state index in [0.717, 1.165) is 14.8 Å². The Bertz CT molecular complexity index is 718. The van der Waals surface area contributed by atoms with Crippen LogP contribution in [0, 0.1) is 3.57 Å². The lowest BCUT2D eigenvalue weighted by Crippen LogP contribution is -2.38. The van der Waals surface area contributed by atoms with Crippen molar-refractivity contribution in [3.8, 4) is 0 Å². The Morgan fingerprint density at radius 3 is 2.95 bits per heavy atom. The number of hydrogen-bond donors (Lipinski definition) is 1. The maximum Gasteiger partial charge on any atom is 0.351 e. The molecule has 7 heteroatoms. The van der Waals surface area contributed by atoms with Gasteiger partial charge in [0.15, 0.2) is 0 Å². The minimum atomic E-state index is -0.364. The molecule has 1 aliphatic rings. The topological polar surface area (TPSA) is 79.4 Å². The van der Waals surface area contributed by atoms with Gasteiger partial charge in [0, 0.05) is 12.1 Å². The van der Waals surface area contributed by atoms with Crippen LogP contribution in [0.15, 0.2) is 35.1 Å². The van der Waals surface area contributed by atoms with Crippen LogP contribution in [0.3, 0.4) is 0 Å². The average Bonchev–Trinajstić information content (AvgIpc) is 2.54. The van der Waals surface area contributed by atoms with Gasteiger partial charge in [0.25, 0.3) is 0 Å². The Morgan fingerprint density at radius 1 is 1.41 bits per heavy atom. The number of rotatable bonds is 4. The Labute approximate surface area is 141 Å². The van der Waals surface area contributed by atoms with Crippen LogP contribution in [0.1, 0.15) is 11.3 Å². The van der Waals surface area contributed by atoms with Gasteiger partial charge < -0.3 is 15.2 Å². The molecule has 0 amide bonds. The van der Waals surface area contributed by atoms with E-state index in [0.29, 0.717) is 19.6 Å². The maximum absolute atomic E-state index is 11.8. The minimum Gasteiger partial charge on any atom is -0.383 e. The number of nitrogens with zero attached hydrogens (tertiary/aromatic N) is 2. The van der Waals surface area contributed by atoms with Gasteiger partial charge in [0.05, 0.1) is 22.9 Å². The van der Waals surface area contributed by atoms with Gasteiger partial charge in [0.1, 0.15) is 12.5 Å². The zero-order chi connectivity index (χ0) is 15.5. The van der Waals surface area contributed by atoms with Crippen LogP contribution < -0.4 is 11.4 Å². The lowest BCUT2D eigenvalue weighted by atomic mass is 10.1. The zero-order valence-electron chi connectivity index (χ0n) is 11.9. The highest BCUT2D eigenvalue weighted by atomic mass is 127. The summed E-state index contributed by atoms with van der Waals surface area (Å²) >= 11 is 2.12. The number of hydrogen-bond acceptors (Lipinski definition) is 5. The molecule has 0 fully saturated rings. The highest BCUT2D eigenvalue weighted by molar-refractivity contribution is 14.1. The molecule has 0 bridgehead atoms. The van der Waals surface area contributed by atoms with E-state index < -0.39 is 0 Å². The van der Waals surface area contributed by atoms with Gasteiger partial charge in [-0.05, 0) is 28.2 Å². The van der Waals surface area contributed by atoms with Crippen LogP contribution in [-0.4, -0.2) is 22.3 Å². The fraction of sp³-hybridized carbons (Fsp3) is 0.333. The fourth-order valence-electron chi connectivity index (χ4n) is 2.37. The largest absolute Gasteiger partial charge is 0.383 e. The quantitative estimate of drug-likeness (QED) is 0.770. The number of halogens is 1. The second-order valence-electron chi connectivity index (χ2n) is 5.09. The molecule has 0 spiro atoms. The SMILES string of the molecule is Nc1nc(=O)n2c(c1I)CC(COCc1ccccc1)OC2. The molecule has 0 aliphatic carbocycles. The zero-order valence-corrected chi connectivity index (χ0v) is 14.0. The summed E-state index contributed by atoms with van der Waals surface area (Å²) in [7, 11) is 0. The van der Waals surface area contributed by atoms with Gasteiger partial charge in [-0.25, -0.2) is 4.79 Å². The Kier molecular flexibility index (Phi) is 4.74. The molecule has 2 aromatic rings. The number of anilines is 1. The number of benzene rings is 1. The van der Waals surface area contributed by atoms with Crippen LogP contribution in [-0.2, 0) is 29.2 Å². The van der Waals surface area contributed by atoms with Gasteiger partial charge in [-0.1, -0.05) is 30.3 Å². The van der Waals surface area contributed by atoms with Crippen molar-refractivity contribution in [2.24, 2.45) is 0 Å². The first-order valence-corrected chi connectivity index (χ1v) is 8.01. The van der Waals surface area contributed by atoms with E-state index in [1.807, 2.05) is 30.3 Å². The van der Waals surface area contributed by atoms with Crippen molar-refractivity contribution in [1.29, 1.82) is 0 Å². The number of nitrogens with two attached hydrogens (primary N) is 1. The van der Waals surface area contributed by atoms with Gasteiger partial charge in [0.2, 0.25) is 0 Å². The molecule has 2 heterocycles. The number of ether oxygens (including phenoxy) is 2. The standard InChI is InChI=1S/C15H16IN3O3/c16-13-12-6-11(8-21-7-10-4-2-1-3-5-10)22-9-19(12)15(20)18-14(13)17/h1-5,11H,6-9H2,(H2,17,18,20). The Hall–Kier alpha value is -1.45. The molecule has 1 unspecified atom stereocenters. The molecule has 22 heavy (non-hydrogen) atoms. The number of fused-ring (bicyclic) bond motifs is 1. The first-order valence-electron chi connectivity index (χ1n) is 6.93. The van der Waals surface area contributed by atoms with E-state index >= 15 is 0 Å². The smallest absolute Gasteiger partial charge is 0.351 e. The Balaban J connectivity index is 1.63. The van der Waals surface area contributed by atoms with Crippen LogP contribution in [0.2, 0.25) is 0 Å². The summed E-state index contributed by atoms with van der Waals surface area (Å²) in [6.07, 6.45) is 0.507. The molecular formula is C15H16IN3O3. The highest BCUT2D eigenvalue weighted by Crippen LogP contribution is 2.21. The first-order chi connectivity index (χ1) is 10.6. The molecule has 6 nitrogen and oxygen atoms in total. The summed E-state index contributed by atoms with van der Waals surface area (Å²) in [5.74, 6) is 0.280. The Morgan fingerprint density at radius 2 is 2.18 bits per heavy atom. The second kappa shape index (κ2) is 6.76. The second-order valence-corrected chi connectivity index (χ2v) is 6.17. The molecule has 1 aromatic heterocycles. The van der Waals surface area contributed by atoms with E-state index in [2.05, 4.69) is 27.6 Å². The van der Waals surface area contributed by atoms with E-state index in [1.54, 1.807) is 0 Å². The molecule has 0 saturated heterocycles. The van der Waals surface area contributed by atoms with Gasteiger partial charge in [-0.2, -0.15) is 4.98 Å². The molecule has 116 valence electrons. The molecular weight excluding hydrogens is 397 g/mol. The van der Waals surface area contributed by atoms with Crippen molar-refractivity contribution in [3.05, 3.63) is 55.6 Å². The van der Waals surface area contributed by atoms with E-state index in [9.17, 15) is 4.79 Å². The molecule has 1 aliphatic heterocycles. The molecule has 0 saturated carbocycles. The third-order valence-electron chi connectivity index (χ3n) is 3.53. The third kappa shape index (κ3) is 3.31. The van der Waals surface area contributed by atoms with Crippen molar-refractivity contribution < 1.29 is 9.47 Å². The normalized spacial score (nSPS) is 17.2. The summed E-state index contributed by atoms with van der Waals surface area (Å²) in [5.41, 5.74) is 7.39. The van der Waals surface area contributed by atoms with Gasteiger partial charge in [-0.15, -0.1) is 0 Å². The first kappa shape index (κ1) is 15.4. The summed E-state index contributed by atoms with van der Waals surface area (Å²) in [6, 6.07) is 9.98. The van der Waals surface area contributed by atoms with Crippen LogP contribution in [0.25, 0.3) is 0 Å². The molecule has 1 aromatic carbocycles. The predicted octanol–water partition coefficient (Wildman–Crippen LogP) is 1.55. The van der Waals surface area contributed by atoms with Crippen LogP contribution in [0.5, 0.6) is 0 Å². The summed E-state index contributed by atoms with van der Waals surface area (Å²) < 4.78 is 13.7. The van der Waals surface area contributed by atoms with Crippen LogP contribution in [0.4, 0.5) is 5.82 Å². The van der Waals surface area contributed by atoms with Crippen molar-refractivity contribution in [2.45, 2.75) is 25.9 Å². The number of aromatic nitrogens is 2. The van der Waals surface area contributed by atoms with Crippen molar-refractivity contribution in [1.82, 2.24) is 9.55 Å². The van der Waals surface area contributed by atoms with E-state index in [4.69, 9.17) is 15.2 Å². The molecule has 3 rings (SSSR count). The minimum absolute atomic E-state index is 0.0848. The summed E-state index contributed by atoms with van der Waals surface area (Å²) in [6.45, 7) is 1.21. The van der Waals surface area contributed by atoms with Gasteiger partial charge in [-0.3, -0.25) is 4.57 Å². The monoisotopic (exact) mass is 413 g/mol. The van der Waals surface area contributed by atoms with Crippen molar-refractivity contribution in [3.63, 3.8) is 0 Å². The van der Waals surface area contributed by atoms with Crippen LogP contribution >= 0.6 is 22.6 Å². The molecule has 1 atom stereocenters. The van der Waals surface area contributed by atoms with E-state index in [1.165, 1.54) is 4.57 Å². The van der Waals surface area contributed by atoms with Crippen molar-refractivity contribution >= 4 is 28.4 Å². The molecule has 2 N–H and O–H groups in total. The third-order valence-corrected chi connectivity index (χ3v) is 4.70. The number of nitrogen functional groups attached to an aromatic ring is 1.